The Balaban J connectivity index is 1.03. The second kappa shape index (κ2) is 16.0. The number of carbonyl (C=O) groups is 3. The average Bonchev–Trinajstić information content (AvgIpc) is 3.57. The van der Waals surface area contributed by atoms with E-state index in [2.05, 4.69) is 46.1 Å². The molecule has 1 saturated heterocycles. The summed E-state index contributed by atoms with van der Waals surface area (Å²) in [6, 6.07) is 17.7. The molecule has 0 aliphatic carbocycles. The molecule has 2 aromatic carbocycles. The van der Waals surface area contributed by atoms with Crippen LogP contribution in [0.4, 0.5) is 0 Å². The minimum atomic E-state index is -0.217. The van der Waals surface area contributed by atoms with Gasteiger partial charge in [-0.05, 0) is 73.7 Å². The summed E-state index contributed by atoms with van der Waals surface area (Å²) in [5.41, 5.74) is 7.82. The fourth-order valence-corrected chi connectivity index (χ4v) is 7.57. The number of amides is 2. The molecule has 1 N–H and O–H groups in total. The maximum atomic E-state index is 12.9. The summed E-state index contributed by atoms with van der Waals surface area (Å²) in [7, 11) is 0. The Bertz CT molecular complexity index is 2180. The highest BCUT2D eigenvalue weighted by atomic mass is 16.5. The van der Waals surface area contributed by atoms with Crippen LogP contribution in [0.1, 0.15) is 95.9 Å². The summed E-state index contributed by atoms with van der Waals surface area (Å²) in [6.45, 7) is 9.25. The zero-order chi connectivity index (χ0) is 36.9. The molecule has 0 radical (unpaired) electrons. The van der Waals surface area contributed by atoms with Crippen molar-refractivity contribution in [2.24, 2.45) is 0 Å². The molecule has 5 aromatic rings. The molecule has 2 aliphatic heterocycles. The normalized spacial score (nSPS) is 14.8. The molecule has 53 heavy (non-hydrogen) atoms. The molecule has 0 spiro atoms. The smallest absolute Gasteiger partial charge is 0.269 e. The van der Waals surface area contributed by atoms with Crippen molar-refractivity contribution in [3.05, 3.63) is 107 Å². The van der Waals surface area contributed by atoms with E-state index >= 15 is 0 Å². The number of unbranched alkanes of at least 4 members (excludes halogenated alkanes) is 1. The maximum absolute atomic E-state index is 12.9. The minimum absolute atomic E-state index is 0.0706. The Morgan fingerprint density at radius 1 is 0.981 bits per heavy atom. The first-order valence-electron chi connectivity index (χ1n) is 18.7. The molecule has 2 aliphatic rings. The number of pyridine rings is 2. The van der Waals surface area contributed by atoms with Gasteiger partial charge in [0.1, 0.15) is 11.5 Å². The van der Waals surface area contributed by atoms with E-state index in [1.165, 1.54) is 0 Å². The fourth-order valence-electron chi connectivity index (χ4n) is 7.57. The van der Waals surface area contributed by atoms with Crippen molar-refractivity contribution in [2.45, 2.75) is 71.9 Å². The van der Waals surface area contributed by atoms with Crippen LogP contribution in [0.2, 0.25) is 0 Å². The molecule has 3 aromatic heterocycles. The Labute approximate surface area is 310 Å². The van der Waals surface area contributed by atoms with E-state index in [1.807, 2.05) is 47.5 Å². The minimum Gasteiger partial charge on any atom is -0.381 e. The van der Waals surface area contributed by atoms with E-state index < -0.39 is 0 Å². The van der Waals surface area contributed by atoms with Crippen molar-refractivity contribution < 1.29 is 19.1 Å². The van der Waals surface area contributed by atoms with Crippen molar-refractivity contribution in [1.82, 2.24) is 29.7 Å². The van der Waals surface area contributed by atoms with Gasteiger partial charge in [-0.1, -0.05) is 55.5 Å². The SMILES string of the molecule is CCc1c(/C=C\CCCNC(=O)c2ccc(-c3cc4cccc(-c5nc(C6CCOCC6)n6c5CN(C(C)=O)CC6)c4cn3)cn2)cccc1C(C)=O. The molecule has 10 heteroatoms. The van der Waals surface area contributed by atoms with Gasteiger partial charge < -0.3 is 19.5 Å². The van der Waals surface area contributed by atoms with Gasteiger partial charge in [0.15, 0.2) is 5.78 Å². The largest absolute Gasteiger partial charge is 0.381 e. The topological polar surface area (TPSA) is 119 Å². The number of ether oxygens (including phenoxy) is 1. The summed E-state index contributed by atoms with van der Waals surface area (Å²) >= 11 is 0. The molecule has 10 nitrogen and oxygen atoms in total. The molecule has 0 bridgehead atoms. The standard InChI is InChI=1S/C43H46N6O4/c1-4-34-30(11-8-13-35(34)28(2)50)10-6-5-7-19-44-43(52)38-16-15-33(25-45-38)39-24-32-12-9-14-36(37(32)26-46-39)41-40-27-48(29(3)51)20-21-49(40)42(47-41)31-17-22-53-23-18-31/h6,8-16,24-26,31H,4-5,7,17-23,27H2,1-3H3,(H,44,52)/b10-6-. The third kappa shape index (κ3) is 7.69. The molecule has 5 heterocycles. The number of rotatable bonds is 11. The second-order valence-corrected chi connectivity index (χ2v) is 13.9. The number of benzene rings is 2. The van der Waals surface area contributed by atoms with E-state index in [-0.39, 0.29) is 17.6 Å². The Kier molecular flexibility index (Phi) is 10.9. The Morgan fingerprint density at radius 3 is 2.57 bits per heavy atom. The zero-order valence-corrected chi connectivity index (χ0v) is 30.7. The highest BCUT2D eigenvalue weighted by Crippen LogP contribution is 2.37. The quantitative estimate of drug-likeness (QED) is 0.112. The number of Topliss-reactive ketones (excluding diaryl/α,β-unsaturated/α-hetero) is 1. The Morgan fingerprint density at radius 2 is 1.81 bits per heavy atom. The van der Waals surface area contributed by atoms with Gasteiger partial charge in [0.2, 0.25) is 5.91 Å². The summed E-state index contributed by atoms with van der Waals surface area (Å²) < 4.78 is 7.99. The highest BCUT2D eigenvalue weighted by Gasteiger charge is 2.30. The lowest BCUT2D eigenvalue weighted by atomic mass is 9.96. The fraction of sp³-hybridized carbons (Fsp3) is 0.349. The van der Waals surface area contributed by atoms with Crippen LogP contribution in [0.3, 0.4) is 0 Å². The number of carbonyl (C=O) groups excluding carboxylic acids is 3. The lowest BCUT2D eigenvalue weighted by molar-refractivity contribution is -0.130. The first kappa shape index (κ1) is 35.9. The van der Waals surface area contributed by atoms with Crippen LogP contribution in [-0.4, -0.2) is 68.3 Å². The van der Waals surface area contributed by atoms with E-state index in [0.717, 1.165) is 113 Å². The third-order valence-corrected chi connectivity index (χ3v) is 10.5. The van der Waals surface area contributed by atoms with Crippen molar-refractivity contribution >= 4 is 34.4 Å². The highest BCUT2D eigenvalue weighted by molar-refractivity contribution is 5.98. The number of nitrogens with one attached hydrogen (secondary N) is 1. The Hall–Kier alpha value is -5.48. The third-order valence-electron chi connectivity index (χ3n) is 10.5. The lowest BCUT2D eigenvalue weighted by Crippen LogP contribution is -2.37. The number of nitrogens with zero attached hydrogens (tertiary/aromatic N) is 5. The van der Waals surface area contributed by atoms with Gasteiger partial charge in [-0.2, -0.15) is 0 Å². The van der Waals surface area contributed by atoms with Crippen molar-refractivity contribution in [3.8, 4) is 22.5 Å². The molecular formula is C43H46N6O4. The van der Waals surface area contributed by atoms with Crippen LogP contribution in [0, 0.1) is 0 Å². The number of aromatic nitrogens is 4. The van der Waals surface area contributed by atoms with Gasteiger partial charge in [0, 0.05) is 80.2 Å². The van der Waals surface area contributed by atoms with Gasteiger partial charge in [-0.25, -0.2) is 4.98 Å². The van der Waals surface area contributed by atoms with E-state index in [9.17, 15) is 14.4 Å². The first-order valence-corrected chi connectivity index (χ1v) is 18.7. The molecule has 1 fully saturated rings. The molecule has 7 rings (SSSR count). The van der Waals surface area contributed by atoms with Gasteiger partial charge in [0.05, 0.1) is 23.6 Å². The van der Waals surface area contributed by atoms with Crippen molar-refractivity contribution in [3.63, 3.8) is 0 Å². The summed E-state index contributed by atoms with van der Waals surface area (Å²) in [5.74, 6) is 1.36. The number of allylic oxidation sites excluding steroid dienone is 1. The van der Waals surface area contributed by atoms with Gasteiger partial charge in [-0.3, -0.25) is 24.4 Å². The molecule has 0 saturated carbocycles. The van der Waals surface area contributed by atoms with Crippen LogP contribution in [-0.2, 0) is 29.0 Å². The van der Waals surface area contributed by atoms with Crippen molar-refractivity contribution in [2.75, 3.05) is 26.3 Å². The maximum Gasteiger partial charge on any atom is 0.269 e. The van der Waals surface area contributed by atoms with E-state index in [0.29, 0.717) is 31.2 Å². The monoisotopic (exact) mass is 710 g/mol. The summed E-state index contributed by atoms with van der Waals surface area (Å²) in [6.07, 6.45) is 12.0. The summed E-state index contributed by atoms with van der Waals surface area (Å²) in [5, 5.41) is 4.98. The van der Waals surface area contributed by atoms with Crippen LogP contribution in [0.5, 0.6) is 0 Å². The number of ketones is 1. The van der Waals surface area contributed by atoms with E-state index in [4.69, 9.17) is 14.7 Å². The molecule has 0 unspecified atom stereocenters. The predicted molar refractivity (Wildman–Crippen MR) is 207 cm³/mol. The predicted octanol–water partition coefficient (Wildman–Crippen LogP) is 7.40. The van der Waals surface area contributed by atoms with E-state index in [1.54, 1.807) is 26.1 Å². The molecule has 272 valence electrons. The van der Waals surface area contributed by atoms with Gasteiger partial charge >= 0.3 is 0 Å². The van der Waals surface area contributed by atoms with Crippen LogP contribution < -0.4 is 5.32 Å². The van der Waals surface area contributed by atoms with Crippen LogP contribution in [0.25, 0.3) is 39.4 Å². The second-order valence-electron chi connectivity index (χ2n) is 13.9. The summed E-state index contributed by atoms with van der Waals surface area (Å²) in [4.78, 5) is 53.7. The number of fused-ring (bicyclic) bond motifs is 2. The zero-order valence-electron chi connectivity index (χ0n) is 30.7. The number of imidazole rings is 1. The van der Waals surface area contributed by atoms with Crippen molar-refractivity contribution in [1.29, 1.82) is 0 Å². The molecule has 2 amide bonds. The molecule has 0 atom stereocenters. The first-order chi connectivity index (χ1) is 25.8. The number of hydrogen-bond acceptors (Lipinski definition) is 7. The van der Waals surface area contributed by atoms with Crippen LogP contribution in [0.15, 0.2) is 73.1 Å². The number of hydrogen-bond donors (Lipinski definition) is 1. The van der Waals surface area contributed by atoms with Gasteiger partial charge in [0.25, 0.3) is 5.91 Å². The molecular weight excluding hydrogens is 665 g/mol. The van der Waals surface area contributed by atoms with Gasteiger partial charge in [-0.15, -0.1) is 0 Å². The lowest BCUT2D eigenvalue weighted by Gasteiger charge is -2.30. The average molecular weight is 711 g/mol. The van der Waals surface area contributed by atoms with Crippen LogP contribution >= 0.6 is 0 Å².